The van der Waals surface area contributed by atoms with Crippen LogP contribution in [-0.4, -0.2) is 10.3 Å². The first kappa shape index (κ1) is 21.6. The van der Waals surface area contributed by atoms with Crippen LogP contribution in [0.4, 0.5) is 0 Å². The van der Waals surface area contributed by atoms with Crippen molar-refractivity contribution in [3.05, 3.63) is 53.1 Å². The summed E-state index contributed by atoms with van der Waals surface area (Å²) in [6.07, 6.45) is 2.36. The van der Waals surface area contributed by atoms with E-state index in [0.717, 1.165) is 6.42 Å². The molecule has 2 atom stereocenters. The van der Waals surface area contributed by atoms with Crippen LogP contribution < -0.4 is 5.30 Å². The van der Waals surface area contributed by atoms with E-state index in [4.69, 9.17) is 0 Å². The van der Waals surface area contributed by atoms with Crippen LogP contribution in [0.2, 0.25) is 0 Å². The third-order valence-corrected chi connectivity index (χ3v) is 9.92. The molecule has 3 rings (SSSR count). The van der Waals surface area contributed by atoms with Crippen LogP contribution in [-0.2, 0) is 6.42 Å². The zero-order valence-electron chi connectivity index (χ0n) is 19.5. The Morgan fingerprint density at radius 2 is 1.75 bits per heavy atom. The van der Waals surface area contributed by atoms with Crippen molar-refractivity contribution in [3.63, 3.8) is 0 Å². The molecular formula is C27H39P. The zero-order chi connectivity index (χ0) is 20.9. The molecule has 0 aromatic heterocycles. The highest BCUT2D eigenvalue weighted by molar-refractivity contribution is 7.68. The highest BCUT2D eigenvalue weighted by atomic mass is 31.1. The summed E-state index contributed by atoms with van der Waals surface area (Å²) >= 11 is 0. The molecule has 1 heteroatoms. The van der Waals surface area contributed by atoms with Gasteiger partial charge in [0, 0.05) is 0 Å². The summed E-state index contributed by atoms with van der Waals surface area (Å²) < 4.78 is 0. The van der Waals surface area contributed by atoms with Crippen molar-refractivity contribution in [1.29, 1.82) is 0 Å². The van der Waals surface area contributed by atoms with E-state index in [1.165, 1.54) is 23.1 Å². The second-order valence-corrected chi connectivity index (χ2v) is 14.3. The third-order valence-electron chi connectivity index (χ3n) is 6.32. The highest BCUT2D eigenvalue weighted by Crippen LogP contribution is 2.63. The molecule has 0 spiro atoms. The summed E-state index contributed by atoms with van der Waals surface area (Å²) in [5.41, 5.74) is 7.65. The van der Waals surface area contributed by atoms with Crippen molar-refractivity contribution < 1.29 is 0 Å². The molecule has 28 heavy (non-hydrogen) atoms. The van der Waals surface area contributed by atoms with Gasteiger partial charge in [-0.15, -0.1) is 0 Å². The minimum absolute atomic E-state index is 0.285. The monoisotopic (exact) mass is 394 g/mol. The van der Waals surface area contributed by atoms with Crippen molar-refractivity contribution in [2.75, 3.05) is 0 Å². The summed E-state index contributed by atoms with van der Waals surface area (Å²) in [5, 5.41) is 2.20. The van der Waals surface area contributed by atoms with E-state index >= 15 is 0 Å². The van der Waals surface area contributed by atoms with Gasteiger partial charge in [-0.3, -0.25) is 0 Å². The van der Waals surface area contributed by atoms with Gasteiger partial charge in [-0.2, -0.15) is 0 Å². The van der Waals surface area contributed by atoms with Gasteiger partial charge in [0.2, 0.25) is 0 Å². The number of hydrogen-bond donors (Lipinski definition) is 0. The first-order valence-corrected chi connectivity index (χ1v) is 12.4. The molecule has 2 unspecified atom stereocenters. The molecule has 0 radical (unpaired) electrons. The molecule has 0 saturated heterocycles. The Kier molecular flexibility index (Phi) is 5.86. The lowest BCUT2D eigenvalue weighted by molar-refractivity contribution is 0.545. The van der Waals surface area contributed by atoms with Crippen LogP contribution in [0.3, 0.4) is 0 Å². The Balaban J connectivity index is 2.44. The molecule has 0 saturated carbocycles. The summed E-state index contributed by atoms with van der Waals surface area (Å²) in [7, 11) is -0.310. The van der Waals surface area contributed by atoms with E-state index in [1.807, 2.05) is 0 Å². The second-order valence-electron chi connectivity index (χ2n) is 10.6. The average molecular weight is 395 g/mol. The smallest absolute Gasteiger partial charge is 0.0100 e. The van der Waals surface area contributed by atoms with E-state index in [1.54, 1.807) is 16.4 Å². The van der Waals surface area contributed by atoms with E-state index in [2.05, 4.69) is 98.7 Å². The Morgan fingerprint density at radius 3 is 2.32 bits per heavy atom. The van der Waals surface area contributed by atoms with Crippen molar-refractivity contribution in [1.82, 2.24) is 0 Å². The Bertz CT molecular complexity index is 851. The van der Waals surface area contributed by atoms with E-state index in [0.29, 0.717) is 17.0 Å². The normalized spacial score (nSPS) is 21.6. The maximum atomic E-state index is 2.52. The van der Waals surface area contributed by atoms with Crippen molar-refractivity contribution in [2.45, 2.75) is 97.3 Å². The fourth-order valence-electron chi connectivity index (χ4n) is 5.54. The van der Waals surface area contributed by atoms with E-state index < -0.39 is 0 Å². The molecule has 152 valence electrons. The molecule has 0 bridgehead atoms. The molecule has 1 aliphatic rings. The molecule has 0 aliphatic carbocycles. The number of rotatable bonds is 2. The molecule has 0 nitrogen and oxygen atoms in total. The SMILES string of the molecule is CCc1cc(C(C)C)c2c(c1)C(C)CC(C)(C)P(C(C)(C)C)c1ccccc1-2. The van der Waals surface area contributed by atoms with Gasteiger partial charge >= 0.3 is 0 Å². The first-order chi connectivity index (χ1) is 13.0. The predicted molar refractivity (Wildman–Crippen MR) is 129 cm³/mol. The summed E-state index contributed by atoms with van der Waals surface area (Å²) in [5.74, 6) is 1.11. The number of aryl methyl sites for hydroxylation is 1. The van der Waals surface area contributed by atoms with Crippen LogP contribution in [0.15, 0.2) is 36.4 Å². The van der Waals surface area contributed by atoms with Gasteiger partial charge in [-0.25, -0.2) is 0 Å². The van der Waals surface area contributed by atoms with Crippen LogP contribution in [0.25, 0.3) is 11.1 Å². The van der Waals surface area contributed by atoms with E-state index in [9.17, 15) is 0 Å². The molecule has 1 heterocycles. The van der Waals surface area contributed by atoms with Crippen LogP contribution in [0.1, 0.15) is 97.3 Å². The molecule has 0 N–H and O–H groups in total. The summed E-state index contributed by atoms with van der Waals surface area (Å²) in [6, 6.07) is 14.3. The highest BCUT2D eigenvalue weighted by Gasteiger charge is 2.42. The summed E-state index contributed by atoms with van der Waals surface area (Å²) in [4.78, 5) is 0. The van der Waals surface area contributed by atoms with Gasteiger partial charge < -0.3 is 0 Å². The third kappa shape index (κ3) is 3.82. The molecule has 1 aliphatic heterocycles. The van der Waals surface area contributed by atoms with Crippen molar-refractivity contribution in [3.8, 4) is 11.1 Å². The number of benzene rings is 2. The molecule has 0 amide bonds. The lowest BCUT2D eigenvalue weighted by atomic mass is 9.80. The largest absolute Gasteiger partial charge is 0.0633 e. The second kappa shape index (κ2) is 7.60. The van der Waals surface area contributed by atoms with Gasteiger partial charge in [-0.1, -0.05) is 107 Å². The quantitative estimate of drug-likeness (QED) is 0.450. The lowest BCUT2D eigenvalue weighted by Crippen LogP contribution is -2.36. The lowest BCUT2D eigenvalue weighted by Gasteiger charge is -2.47. The topological polar surface area (TPSA) is 0 Å². The van der Waals surface area contributed by atoms with Gasteiger partial charge in [0.05, 0.1) is 0 Å². The van der Waals surface area contributed by atoms with Crippen LogP contribution in [0.5, 0.6) is 0 Å². The Morgan fingerprint density at radius 1 is 1.11 bits per heavy atom. The van der Waals surface area contributed by atoms with Crippen LogP contribution >= 0.6 is 7.92 Å². The van der Waals surface area contributed by atoms with Gasteiger partial charge in [0.15, 0.2) is 0 Å². The molecule has 0 fully saturated rings. The van der Waals surface area contributed by atoms with Gasteiger partial charge in [-0.05, 0) is 68.1 Å². The summed E-state index contributed by atoms with van der Waals surface area (Å²) in [6.45, 7) is 21.9. The minimum Gasteiger partial charge on any atom is -0.0633 e. The number of hydrogen-bond acceptors (Lipinski definition) is 0. The maximum Gasteiger partial charge on any atom is -0.0100 e. The standard InChI is InChI=1S/C27H39P/c1-10-20-15-22(18(2)3)25-21-13-11-12-14-24(21)28(26(5,6)7)27(8,9)17-19(4)23(25)16-20/h11-16,18-19H,10,17H2,1-9H3. The van der Waals surface area contributed by atoms with Crippen molar-refractivity contribution in [2.24, 2.45) is 0 Å². The Labute approximate surface area is 174 Å². The fraction of sp³-hybridized carbons (Fsp3) is 0.556. The Hall–Kier alpha value is -1.13. The zero-order valence-corrected chi connectivity index (χ0v) is 20.4. The predicted octanol–water partition coefficient (Wildman–Crippen LogP) is 8.23. The fourth-order valence-corrected chi connectivity index (χ4v) is 9.85. The van der Waals surface area contributed by atoms with E-state index in [-0.39, 0.29) is 13.1 Å². The van der Waals surface area contributed by atoms with Gasteiger partial charge in [0.25, 0.3) is 0 Å². The maximum absolute atomic E-state index is 2.52. The minimum atomic E-state index is -0.310. The molecule has 2 aromatic carbocycles. The number of fused-ring (bicyclic) bond motifs is 3. The first-order valence-electron chi connectivity index (χ1n) is 11.0. The van der Waals surface area contributed by atoms with Crippen molar-refractivity contribution >= 4 is 13.2 Å². The molecular weight excluding hydrogens is 355 g/mol. The molecule has 2 aromatic rings. The average Bonchev–Trinajstić information content (AvgIpc) is 2.58. The van der Waals surface area contributed by atoms with Crippen LogP contribution in [0, 0.1) is 0 Å². The van der Waals surface area contributed by atoms with Gasteiger partial charge in [0.1, 0.15) is 0 Å².